The van der Waals surface area contributed by atoms with Gasteiger partial charge in [0.25, 0.3) is 11.1 Å². The van der Waals surface area contributed by atoms with Crippen molar-refractivity contribution in [1.82, 2.24) is 29.4 Å². The molecular weight excluding hydrogens is 490 g/mol. The van der Waals surface area contributed by atoms with Gasteiger partial charge in [-0.3, -0.25) is 19.2 Å². The molecule has 0 N–H and O–H groups in total. The SMILES string of the molecule is Cc1nn(CC(=O)N(C)C)c(=O)c(Cl)c1Cl.Cc1nn(CC(=O)N(C)C)c(=O)c(Cl)c1F. The van der Waals surface area contributed by atoms with Crippen LogP contribution >= 0.6 is 34.8 Å². The number of carbonyl (C=O) groups excluding carboxylic acids is 2. The van der Waals surface area contributed by atoms with Crippen LogP contribution in [0.15, 0.2) is 9.59 Å². The van der Waals surface area contributed by atoms with Crippen LogP contribution in [0.1, 0.15) is 11.4 Å². The Morgan fingerprint density at radius 1 is 0.781 bits per heavy atom. The summed E-state index contributed by atoms with van der Waals surface area (Å²) in [5.41, 5.74) is -0.971. The zero-order valence-electron chi connectivity index (χ0n) is 18.2. The summed E-state index contributed by atoms with van der Waals surface area (Å²) >= 11 is 16.9. The molecule has 14 heteroatoms. The van der Waals surface area contributed by atoms with Gasteiger partial charge in [-0.1, -0.05) is 34.8 Å². The smallest absolute Gasteiger partial charge is 0.289 e. The molecule has 0 spiro atoms. The number of carbonyl (C=O) groups is 2. The molecule has 2 rings (SSSR count). The molecule has 176 valence electrons. The second-order valence-corrected chi connectivity index (χ2v) is 8.06. The van der Waals surface area contributed by atoms with Gasteiger partial charge in [0.2, 0.25) is 11.8 Å². The molecule has 2 aromatic rings. The first-order valence-corrected chi connectivity index (χ1v) is 10.1. The third kappa shape index (κ3) is 6.75. The maximum Gasteiger partial charge on any atom is 0.289 e. The number of likely N-dealkylation sites (N-methyl/N-ethyl adjacent to an activating group) is 2. The van der Waals surface area contributed by atoms with Crippen LogP contribution in [0.5, 0.6) is 0 Å². The van der Waals surface area contributed by atoms with Crippen LogP contribution in [-0.4, -0.2) is 69.4 Å². The van der Waals surface area contributed by atoms with E-state index >= 15 is 0 Å². The third-order valence-corrected chi connectivity index (χ3v) is 5.21. The molecule has 0 aliphatic rings. The molecule has 2 aromatic heterocycles. The van der Waals surface area contributed by atoms with Crippen molar-refractivity contribution in [2.24, 2.45) is 0 Å². The predicted molar refractivity (Wildman–Crippen MR) is 119 cm³/mol. The van der Waals surface area contributed by atoms with Gasteiger partial charge in [0.15, 0.2) is 5.82 Å². The van der Waals surface area contributed by atoms with E-state index in [0.29, 0.717) is 5.69 Å². The van der Waals surface area contributed by atoms with Crippen LogP contribution in [0.4, 0.5) is 4.39 Å². The maximum absolute atomic E-state index is 13.2. The number of nitrogens with zero attached hydrogens (tertiary/aromatic N) is 6. The van der Waals surface area contributed by atoms with Gasteiger partial charge >= 0.3 is 0 Å². The summed E-state index contributed by atoms with van der Waals surface area (Å²) in [6.45, 7) is 2.58. The molecule has 0 saturated carbocycles. The topological polar surface area (TPSA) is 110 Å². The van der Waals surface area contributed by atoms with E-state index in [4.69, 9.17) is 34.8 Å². The molecule has 2 heterocycles. The number of halogens is 4. The Kier molecular flexibility index (Phi) is 9.80. The third-order valence-electron chi connectivity index (χ3n) is 3.97. The van der Waals surface area contributed by atoms with Crippen LogP contribution in [0.2, 0.25) is 15.1 Å². The molecule has 0 unspecified atom stereocenters. The molecule has 0 atom stereocenters. The van der Waals surface area contributed by atoms with Gasteiger partial charge in [-0.05, 0) is 13.8 Å². The summed E-state index contributed by atoms with van der Waals surface area (Å²) in [6, 6.07) is 0. The van der Waals surface area contributed by atoms with Gasteiger partial charge in [0, 0.05) is 28.2 Å². The highest BCUT2D eigenvalue weighted by atomic mass is 35.5. The van der Waals surface area contributed by atoms with Crippen LogP contribution in [0.3, 0.4) is 0 Å². The van der Waals surface area contributed by atoms with Crippen molar-refractivity contribution in [2.75, 3.05) is 28.2 Å². The Morgan fingerprint density at radius 2 is 1.16 bits per heavy atom. The highest BCUT2D eigenvalue weighted by Crippen LogP contribution is 2.19. The van der Waals surface area contributed by atoms with Gasteiger partial charge < -0.3 is 9.80 Å². The van der Waals surface area contributed by atoms with E-state index in [1.165, 1.54) is 16.7 Å². The Balaban J connectivity index is 0.000000320. The van der Waals surface area contributed by atoms with Crippen molar-refractivity contribution in [3.63, 3.8) is 0 Å². The summed E-state index contributed by atoms with van der Waals surface area (Å²) in [5, 5.41) is 7.02. The lowest BCUT2D eigenvalue weighted by molar-refractivity contribution is -0.130. The van der Waals surface area contributed by atoms with Crippen LogP contribution in [0.25, 0.3) is 0 Å². The first kappa shape index (κ1) is 27.5. The predicted octanol–water partition coefficient (Wildman–Crippen LogP) is 1.38. The molecule has 0 radical (unpaired) electrons. The average Bonchev–Trinajstić information content (AvgIpc) is 2.72. The minimum atomic E-state index is -0.847. The number of hydrogen-bond acceptors (Lipinski definition) is 6. The Morgan fingerprint density at radius 3 is 1.56 bits per heavy atom. The van der Waals surface area contributed by atoms with Gasteiger partial charge in [-0.15, -0.1) is 0 Å². The molecule has 32 heavy (non-hydrogen) atoms. The van der Waals surface area contributed by atoms with Crippen molar-refractivity contribution >= 4 is 46.6 Å². The van der Waals surface area contributed by atoms with Crippen molar-refractivity contribution in [3.05, 3.63) is 53.0 Å². The molecule has 0 bridgehead atoms. The summed E-state index contributed by atoms with van der Waals surface area (Å²) in [4.78, 5) is 48.5. The number of rotatable bonds is 4. The Labute approximate surface area is 198 Å². The summed E-state index contributed by atoms with van der Waals surface area (Å²) in [5.74, 6) is -1.41. The van der Waals surface area contributed by atoms with Crippen LogP contribution in [-0.2, 0) is 22.7 Å². The highest BCUT2D eigenvalue weighted by molar-refractivity contribution is 6.42. The van der Waals surface area contributed by atoms with E-state index in [2.05, 4.69) is 10.2 Å². The van der Waals surface area contributed by atoms with Crippen molar-refractivity contribution in [3.8, 4) is 0 Å². The van der Waals surface area contributed by atoms with E-state index in [1.807, 2.05) is 0 Å². The van der Waals surface area contributed by atoms with Crippen molar-refractivity contribution in [2.45, 2.75) is 26.9 Å². The van der Waals surface area contributed by atoms with E-state index in [0.717, 1.165) is 9.36 Å². The Hall–Kier alpha value is -2.50. The monoisotopic (exact) mass is 510 g/mol. The lowest BCUT2D eigenvalue weighted by Crippen LogP contribution is -2.34. The van der Waals surface area contributed by atoms with Gasteiger partial charge in [0.1, 0.15) is 23.1 Å². The number of aryl methyl sites for hydroxylation is 2. The standard InChI is InChI=1S/C9H11Cl2N3O2.C9H11ClFN3O2/c1-5-7(10)8(11)9(16)14(12-5)4-6(15)13(2)3;1-5-8(11)7(10)9(16)14(12-5)4-6(15)13(2)3/h2*4H2,1-3H3. The minimum Gasteiger partial charge on any atom is -0.347 e. The summed E-state index contributed by atoms with van der Waals surface area (Å²) in [6.07, 6.45) is 0. The number of amides is 2. The molecule has 0 saturated heterocycles. The minimum absolute atomic E-state index is 0.0174. The van der Waals surface area contributed by atoms with Crippen LogP contribution in [0, 0.1) is 19.7 Å². The lowest BCUT2D eigenvalue weighted by Gasteiger charge is -2.12. The highest BCUT2D eigenvalue weighted by Gasteiger charge is 2.16. The quantitative estimate of drug-likeness (QED) is 0.613. The zero-order valence-corrected chi connectivity index (χ0v) is 20.5. The van der Waals surface area contributed by atoms with Gasteiger partial charge in [-0.25, -0.2) is 13.8 Å². The normalized spacial score (nSPS) is 10.3. The molecule has 0 fully saturated rings. The maximum atomic E-state index is 13.2. The fraction of sp³-hybridized carbons (Fsp3) is 0.444. The molecule has 2 amide bonds. The largest absolute Gasteiger partial charge is 0.347 e. The van der Waals surface area contributed by atoms with E-state index < -0.39 is 22.0 Å². The summed E-state index contributed by atoms with van der Waals surface area (Å²) in [7, 11) is 6.28. The Bertz CT molecular complexity index is 1060. The second-order valence-electron chi connectivity index (χ2n) is 6.93. The summed E-state index contributed by atoms with van der Waals surface area (Å²) < 4.78 is 15.0. The first-order chi connectivity index (χ1) is 14.7. The molecule has 0 aliphatic heterocycles. The molecular formula is C18H22Cl3FN6O4. The van der Waals surface area contributed by atoms with Gasteiger partial charge in [-0.2, -0.15) is 10.2 Å². The number of hydrogen-bond donors (Lipinski definition) is 0. The fourth-order valence-electron chi connectivity index (χ4n) is 2.03. The number of aromatic nitrogens is 4. The fourth-order valence-corrected chi connectivity index (χ4v) is 2.61. The van der Waals surface area contributed by atoms with Crippen molar-refractivity contribution in [1.29, 1.82) is 0 Å². The second kappa shape index (κ2) is 11.4. The van der Waals surface area contributed by atoms with E-state index in [-0.39, 0.29) is 40.6 Å². The van der Waals surface area contributed by atoms with E-state index in [1.54, 1.807) is 35.1 Å². The molecule has 0 aliphatic carbocycles. The molecule has 0 aromatic carbocycles. The molecule has 10 nitrogen and oxygen atoms in total. The van der Waals surface area contributed by atoms with Gasteiger partial charge in [0.05, 0.1) is 16.4 Å². The first-order valence-electron chi connectivity index (χ1n) is 8.94. The zero-order chi connectivity index (χ0) is 24.9. The van der Waals surface area contributed by atoms with Crippen LogP contribution < -0.4 is 11.1 Å². The lowest BCUT2D eigenvalue weighted by atomic mass is 10.4. The average molecular weight is 512 g/mol. The van der Waals surface area contributed by atoms with Crippen molar-refractivity contribution < 1.29 is 14.0 Å². The van der Waals surface area contributed by atoms with E-state index in [9.17, 15) is 23.6 Å².